The molecule has 0 aliphatic rings. The summed E-state index contributed by atoms with van der Waals surface area (Å²) in [5.41, 5.74) is 4.53. The Morgan fingerprint density at radius 3 is 2.35 bits per heavy atom. The van der Waals surface area contributed by atoms with E-state index in [2.05, 4.69) is 36.1 Å². The van der Waals surface area contributed by atoms with E-state index in [1.165, 1.54) is 13.8 Å². The van der Waals surface area contributed by atoms with Crippen LogP contribution < -0.4 is 9.47 Å². The molecule has 2 aromatic rings. The number of fused-ring (bicyclic) bond motifs is 1. The summed E-state index contributed by atoms with van der Waals surface area (Å²) in [5.74, 6) is 2.49. The van der Waals surface area contributed by atoms with Gasteiger partial charge in [-0.2, -0.15) is 0 Å². The van der Waals surface area contributed by atoms with Gasteiger partial charge in [0.15, 0.2) is 11.5 Å². The van der Waals surface area contributed by atoms with E-state index in [1.54, 1.807) is 12.3 Å². The topological polar surface area (TPSA) is 68.4 Å². The van der Waals surface area contributed by atoms with Gasteiger partial charge in [-0.3, -0.25) is 9.59 Å². The molecule has 0 spiro atoms. The summed E-state index contributed by atoms with van der Waals surface area (Å²) in [6.07, 6.45) is 1.76. The lowest BCUT2D eigenvalue weighted by atomic mass is 10.1. The minimum absolute atomic E-state index is 0.174. The zero-order valence-corrected chi connectivity index (χ0v) is 14.9. The molecule has 0 atom stereocenters. The largest absolute Gasteiger partial charge is 0.423 e. The summed E-state index contributed by atoms with van der Waals surface area (Å²) in [6.45, 7) is 8.95. The minimum atomic E-state index is -1.64. The van der Waals surface area contributed by atoms with Gasteiger partial charge in [0.2, 0.25) is 0 Å². The Morgan fingerprint density at radius 1 is 1.13 bits per heavy atom. The number of hydrogen-bond acceptors (Lipinski definition) is 4. The third kappa shape index (κ3) is 4.24. The second kappa shape index (κ2) is 6.30. The highest BCUT2D eigenvalue weighted by molar-refractivity contribution is 6.83. The third-order valence-corrected chi connectivity index (χ3v) is 3.70. The van der Waals surface area contributed by atoms with E-state index in [0.29, 0.717) is 5.56 Å². The molecule has 0 saturated heterocycles. The average Bonchev–Trinajstić information content (AvgIpc) is 2.83. The number of aromatic amines is 1. The van der Waals surface area contributed by atoms with Crippen molar-refractivity contribution in [3.8, 4) is 23.0 Å². The average molecular weight is 329 g/mol. The van der Waals surface area contributed by atoms with Crippen LogP contribution >= 0.6 is 0 Å². The Labute approximate surface area is 136 Å². The molecular weight excluding hydrogens is 310 g/mol. The molecule has 0 radical (unpaired) electrons. The van der Waals surface area contributed by atoms with E-state index in [-0.39, 0.29) is 11.5 Å². The van der Waals surface area contributed by atoms with Gasteiger partial charge in [-0.25, -0.2) is 0 Å². The summed E-state index contributed by atoms with van der Waals surface area (Å²) in [4.78, 5) is 25.9. The van der Waals surface area contributed by atoms with Gasteiger partial charge in [0, 0.05) is 25.4 Å². The Kier molecular flexibility index (Phi) is 4.62. The van der Waals surface area contributed by atoms with Crippen molar-refractivity contribution in [3.63, 3.8) is 0 Å². The fourth-order valence-corrected chi connectivity index (χ4v) is 2.51. The number of ether oxygens (including phenoxy) is 2. The number of nitrogens with one attached hydrogen (secondary N) is 1. The lowest BCUT2D eigenvalue weighted by molar-refractivity contribution is -0.134. The molecule has 23 heavy (non-hydrogen) atoms. The molecule has 1 aromatic carbocycles. The second-order valence-corrected chi connectivity index (χ2v) is 11.0. The molecule has 2 rings (SSSR count). The van der Waals surface area contributed by atoms with Crippen LogP contribution in [0, 0.1) is 11.5 Å². The lowest BCUT2D eigenvalue weighted by Crippen LogP contribution is -2.16. The Balaban J connectivity index is 2.76. The molecular formula is C17H19NO4Si. The van der Waals surface area contributed by atoms with Crippen LogP contribution in [0.1, 0.15) is 19.4 Å². The smallest absolute Gasteiger partial charge is 0.308 e. The lowest BCUT2D eigenvalue weighted by Gasteiger charge is -2.12. The number of benzene rings is 1. The van der Waals surface area contributed by atoms with Crippen molar-refractivity contribution in [1.29, 1.82) is 0 Å². The van der Waals surface area contributed by atoms with Gasteiger partial charge in [0.05, 0.1) is 11.1 Å². The van der Waals surface area contributed by atoms with E-state index in [4.69, 9.17) is 9.47 Å². The van der Waals surface area contributed by atoms with Crippen LogP contribution in [0.2, 0.25) is 19.6 Å². The van der Waals surface area contributed by atoms with Gasteiger partial charge in [-0.05, 0) is 12.1 Å². The normalized spacial score (nSPS) is 10.8. The molecule has 0 fully saturated rings. The zero-order chi connectivity index (χ0) is 17.2. The first-order chi connectivity index (χ1) is 10.7. The fourth-order valence-electron chi connectivity index (χ4n) is 2.01. The summed E-state index contributed by atoms with van der Waals surface area (Å²) in [7, 11) is -1.64. The molecule has 0 aliphatic heterocycles. The van der Waals surface area contributed by atoms with Crippen molar-refractivity contribution in [2.24, 2.45) is 0 Å². The van der Waals surface area contributed by atoms with E-state index < -0.39 is 20.0 Å². The summed E-state index contributed by atoms with van der Waals surface area (Å²) in [5, 5.41) is 0.831. The zero-order valence-electron chi connectivity index (χ0n) is 13.9. The first-order valence-corrected chi connectivity index (χ1v) is 10.7. The molecule has 0 bridgehead atoms. The number of carbonyl (C=O) groups excluding carboxylic acids is 2. The van der Waals surface area contributed by atoms with Crippen LogP contribution in [0.4, 0.5) is 0 Å². The van der Waals surface area contributed by atoms with E-state index in [1.807, 2.05) is 6.07 Å². The van der Waals surface area contributed by atoms with Gasteiger partial charge in [0.1, 0.15) is 8.07 Å². The van der Waals surface area contributed by atoms with Crippen molar-refractivity contribution in [1.82, 2.24) is 4.98 Å². The van der Waals surface area contributed by atoms with Gasteiger partial charge >= 0.3 is 11.9 Å². The maximum atomic E-state index is 11.5. The Bertz CT molecular complexity index is 834. The number of aromatic nitrogens is 1. The van der Waals surface area contributed by atoms with E-state index >= 15 is 0 Å². The Morgan fingerprint density at radius 2 is 1.78 bits per heavy atom. The molecule has 1 aromatic heterocycles. The van der Waals surface area contributed by atoms with Crippen LogP contribution in [0.3, 0.4) is 0 Å². The van der Waals surface area contributed by atoms with E-state index in [0.717, 1.165) is 10.9 Å². The predicted octanol–water partition coefficient (Wildman–Crippen LogP) is 3.25. The fraction of sp³-hybridized carbons (Fsp3) is 0.294. The number of hydrogen-bond donors (Lipinski definition) is 1. The van der Waals surface area contributed by atoms with E-state index in [9.17, 15) is 9.59 Å². The van der Waals surface area contributed by atoms with Crippen molar-refractivity contribution >= 4 is 30.9 Å². The highest BCUT2D eigenvalue weighted by Gasteiger charge is 2.19. The quantitative estimate of drug-likeness (QED) is 0.397. The summed E-state index contributed by atoms with van der Waals surface area (Å²) in [6, 6.07) is 3.50. The molecule has 0 aliphatic carbocycles. The van der Waals surface area contributed by atoms with Gasteiger partial charge in [-0.15, -0.1) is 5.54 Å². The summed E-state index contributed by atoms with van der Waals surface area (Å²) >= 11 is 0. The van der Waals surface area contributed by atoms with Crippen LogP contribution in [0.25, 0.3) is 10.9 Å². The standard InChI is InChI=1S/C17H19NO4Si/c1-11(19)21-15-10-13-6-8-18-16(13)14(7-9-23(3,4)5)17(15)22-12(2)20/h6,8,10,18H,1-5H3. The first-order valence-electron chi connectivity index (χ1n) is 7.21. The second-order valence-electron chi connectivity index (χ2n) is 6.21. The van der Waals surface area contributed by atoms with Crippen LogP contribution in [-0.2, 0) is 9.59 Å². The molecule has 120 valence electrons. The molecule has 6 heteroatoms. The van der Waals surface area contributed by atoms with Crippen LogP contribution in [0.5, 0.6) is 11.5 Å². The van der Waals surface area contributed by atoms with Crippen molar-refractivity contribution < 1.29 is 19.1 Å². The molecule has 1 N–H and O–H groups in total. The first kappa shape index (κ1) is 16.8. The van der Waals surface area contributed by atoms with Crippen LogP contribution in [-0.4, -0.2) is 25.0 Å². The Hall–Kier alpha value is -2.52. The van der Waals surface area contributed by atoms with Crippen molar-refractivity contribution in [3.05, 3.63) is 23.9 Å². The number of H-pyrrole nitrogens is 1. The maximum Gasteiger partial charge on any atom is 0.308 e. The summed E-state index contributed by atoms with van der Waals surface area (Å²) < 4.78 is 10.5. The van der Waals surface area contributed by atoms with Crippen molar-refractivity contribution in [2.75, 3.05) is 0 Å². The predicted molar refractivity (Wildman–Crippen MR) is 91.1 cm³/mol. The third-order valence-electron chi connectivity index (χ3n) is 2.83. The number of rotatable bonds is 2. The van der Waals surface area contributed by atoms with Gasteiger partial charge in [-0.1, -0.05) is 25.6 Å². The molecule has 0 unspecified atom stereocenters. The monoisotopic (exact) mass is 329 g/mol. The molecule has 1 heterocycles. The minimum Gasteiger partial charge on any atom is -0.423 e. The number of carbonyl (C=O) groups is 2. The maximum absolute atomic E-state index is 11.5. The van der Waals surface area contributed by atoms with Gasteiger partial charge in [0.25, 0.3) is 0 Å². The van der Waals surface area contributed by atoms with Crippen LogP contribution in [0.15, 0.2) is 18.3 Å². The SMILES string of the molecule is CC(=O)Oc1cc2cc[nH]c2c(C#C[Si](C)(C)C)c1OC(C)=O. The molecule has 0 saturated carbocycles. The molecule has 0 amide bonds. The highest BCUT2D eigenvalue weighted by atomic mass is 28.3. The van der Waals surface area contributed by atoms with Gasteiger partial charge < -0.3 is 14.5 Å². The molecule has 5 nitrogen and oxygen atoms in total. The van der Waals surface area contributed by atoms with Crippen molar-refractivity contribution in [2.45, 2.75) is 33.5 Å². The highest BCUT2D eigenvalue weighted by Crippen LogP contribution is 2.37. The number of esters is 2.